The van der Waals surface area contributed by atoms with E-state index in [-0.39, 0.29) is 0 Å². The van der Waals surface area contributed by atoms with Crippen molar-refractivity contribution in [3.63, 3.8) is 0 Å². The van der Waals surface area contributed by atoms with E-state index >= 15 is 0 Å². The second-order valence-electron chi connectivity index (χ2n) is 14.5. The van der Waals surface area contributed by atoms with E-state index in [0.29, 0.717) is 17.5 Å². The summed E-state index contributed by atoms with van der Waals surface area (Å²) in [5.41, 5.74) is 15.5. The fourth-order valence-electron chi connectivity index (χ4n) is 8.41. The summed E-state index contributed by atoms with van der Waals surface area (Å²) in [5, 5.41) is 0. The number of nitrogens with zero attached hydrogens (tertiary/aromatic N) is 3. The van der Waals surface area contributed by atoms with Gasteiger partial charge >= 0.3 is 0 Å². The van der Waals surface area contributed by atoms with E-state index in [4.69, 9.17) is 15.0 Å². The van der Waals surface area contributed by atoms with Gasteiger partial charge in [0.25, 0.3) is 0 Å². The van der Waals surface area contributed by atoms with Crippen LogP contribution in [0.25, 0.3) is 67.5 Å². The monoisotopic (exact) mass is 715 g/mol. The SMILES string of the molecule is Cc1ccc(-c2cccc(C3(c4cccc(-c5nc(-c6ccccc6)nc(-c6cccc(-c7ccccc7)c6)n5)c4)c4ccccc4-c4ccccc43)c2)cc1. The van der Waals surface area contributed by atoms with Crippen LogP contribution in [0.15, 0.2) is 206 Å². The van der Waals surface area contributed by atoms with E-state index in [1.165, 1.54) is 44.5 Å². The van der Waals surface area contributed by atoms with Crippen LogP contribution in [-0.4, -0.2) is 15.0 Å². The normalized spacial score (nSPS) is 12.5. The topological polar surface area (TPSA) is 38.7 Å². The van der Waals surface area contributed by atoms with Crippen LogP contribution >= 0.6 is 0 Å². The Morgan fingerprint density at radius 1 is 0.304 bits per heavy atom. The average Bonchev–Trinajstić information content (AvgIpc) is 3.58. The molecule has 0 atom stereocenters. The minimum Gasteiger partial charge on any atom is -0.208 e. The summed E-state index contributed by atoms with van der Waals surface area (Å²) >= 11 is 0. The second-order valence-corrected chi connectivity index (χ2v) is 14.5. The van der Waals surface area contributed by atoms with Crippen molar-refractivity contribution >= 4 is 0 Å². The Balaban J connectivity index is 1.19. The van der Waals surface area contributed by atoms with Gasteiger partial charge in [-0.25, -0.2) is 15.0 Å². The number of aromatic nitrogens is 3. The minimum atomic E-state index is -0.591. The van der Waals surface area contributed by atoms with Crippen LogP contribution < -0.4 is 0 Å². The lowest BCUT2D eigenvalue weighted by atomic mass is 9.67. The summed E-state index contributed by atoms with van der Waals surface area (Å²) in [7, 11) is 0. The Morgan fingerprint density at radius 2 is 0.696 bits per heavy atom. The highest BCUT2D eigenvalue weighted by molar-refractivity contribution is 5.87. The predicted octanol–water partition coefficient (Wildman–Crippen LogP) is 12.9. The zero-order chi connectivity index (χ0) is 37.5. The van der Waals surface area contributed by atoms with E-state index in [2.05, 4.69) is 189 Å². The molecule has 56 heavy (non-hydrogen) atoms. The number of hydrogen-bond acceptors (Lipinski definition) is 3. The molecular formula is C53H37N3. The van der Waals surface area contributed by atoms with Gasteiger partial charge in [-0.2, -0.15) is 0 Å². The lowest BCUT2D eigenvalue weighted by Gasteiger charge is -2.34. The quantitative estimate of drug-likeness (QED) is 0.165. The van der Waals surface area contributed by atoms with Gasteiger partial charge in [0, 0.05) is 16.7 Å². The van der Waals surface area contributed by atoms with Crippen LogP contribution in [0.1, 0.15) is 27.8 Å². The zero-order valence-corrected chi connectivity index (χ0v) is 31.0. The standard InChI is InChI=1S/C53H37N3/c1-36-29-31-38(32-30-36)41-20-13-23-44(34-41)53(48-27-10-8-25-46(48)47-26-9-11-28-49(47)53)45-24-14-22-43(35-45)52-55-50(39-17-6-3-7-18-39)54-51(56-52)42-21-12-19-40(33-42)37-15-4-2-5-16-37/h2-35H,1H3. The van der Waals surface area contributed by atoms with Gasteiger partial charge in [0.05, 0.1) is 5.41 Å². The molecule has 1 aromatic heterocycles. The average molecular weight is 716 g/mol. The van der Waals surface area contributed by atoms with Crippen molar-refractivity contribution in [3.05, 3.63) is 234 Å². The van der Waals surface area contributed by atoms with Crippen molar-refractivity contribution in [3.8, 4) is 67.5 Å². The summed E-state index contributed by atoms with van der Waals surface area (Å²) in [5.74, 6) is 1.90. The Kier molecular flexibility index (Phi) is 8.26. The highest BCUT2D eigenvalue weighted by Crippen LogP contribution is 2.56. The molecule has 0 unspecified atom stereocenters. The Hall–Kier alpha value is -7.23. The largest absolute Gasteiger partial charge is 0.208 e. The molecule has 0 aliphatic heterocycles. The van der Waals surface area contributed by atoms with Gasteiger partial charge in [0.1, 0.15) is 0 Å². The molecule has 1 heterocycles. The molecule has 0 radical (unpaired) electrons. The fourth-order valence-corrected chi connectivity index (χ4v) is 8.41. The molecule has 0 saturated carbocycles. The molecule has 3 nitrogen and oxygen atoms in total. The van der Waals surface area contributed by atoms with Crippen molar-refractivity contribution in [2.45, 2.75) is 12.3 Å². The Labute approximate surface area is 327 Å². The molecule has 0 amide bonds. The summed E-state index contributed by atoms with van der Waals surface area (Å²) in [6.07, 6.45) is 0. The molecule has 0 spiro atoms. The lowest BCUT2D eigenvalue weighted by Crippen LogP contribution is -2.28. The maximum absolute atomic E-state index is 5.22. The summed E-state index contributed by atoms with van der Waals surface area (Å²) in [4.78, 5) is 15.5. The second kappa shape index (κ2) is 13.9. The first-order valence-electron chi connectivity index (χ1n) is 19.1. The summed E-state index contributed by atoms with van der Waals surface area (Å²) in [6.45, 7) is 2.13. The number of hydrogen-bond donors (Lipinski definition) is 0. The third-order valence-electron chi connectivity index (χ3n) is 11.1. The van der Waals surface area contributed by atoms with Gasteiger partial charge < -0.3 is 0 Å². The number of rotatable bonds is 7. The third kappa shape index (κ3) is 5.73. The lowest BCUT2D eigenvalue weighted by molar-refractivity contribution is 0.769. The van der Waals surface area contributed by atoms with Crippen molar-refractivity contribution in [1.82, 2.24) is 15.0 Å². The van der Waals surface area contributed by atoms with Crippen LogP contribution in [0.2, 0.25) is 0 Å². The Morgan fingerprint density at radius 3 is 1.29 bits per heavy atom. The molecule has 0 bridgehead atoms. The summed E-state index contributed by atoms with van der Waals surface area (Å²) < 4.78 is 0. The first-order valence-corrected chi connectivity index (χ1v) is 19.1. The number of fused-ring (bicyclic) bond motifs is 3. The molecule has 9 aromatic rings. The molecule has 0 fully saturated rings. The van der Waals surface area contributed by atoms with Gasteiger partial charge in [0.15, 0.2) is 17.5 Å². The van der Waals surface area contributed by atoms with Crippen LogP contribution in [0, 0.1) is 6.92 Å². The highest BCUT2D eigenvalue weighted by Gasteiger charge is 2.46. The van der Waals surface area contributed by atoms with Gasteiger partial charge in [-0.1, -0.05) is 194 Å². The molecule has 10 rings (SSSR count). The maximum atomic E-state index is 5.22. The van der Waals surface area contributed by atoms with Gasteiger partial charge in [0.2, 0.25) is 0 Å². The first-order chi connectivity index (χ1) is 27.6. The fraction of sp³-hybridized carbons (Fsp3) is 0.0377. The first kappa shape index (κ1) is 33.3. The van der Waals surface area contributed by atoms with E-state index in [1.807, 2.05) is 24.3 Å². The van der Waals surface area contributed by atoms with E-state index in [1.54, 1.807) is 0 Å². The van der Waals surface area contributed by atoms with Gasteiger partial charge in [-0.3, -0.25) is 0 Å². The van der Waals surface area contributed by atoms with E-state index in [0.717, 1.165) is 33.4 Å². The summed E-state index contributed by atoms with van der Waals surface area (Å²) in [6, 6.07) is 73.6. The van der Waals surface area contributed by atoms with Crippen molar-refractivity contribution < 1.29 is 0 Å². The van der Waals surface area contributed by atoms with Gasteiger partial charge in [-0.15, -0.1) is 0 Å². The van der Waals surface area contributed by atoms with Crippen LogP contribution in [0.3, 0.4) is 0 Å². The van der Waals surface area contributed by atoms with Crippen molar-refractivity contribution in [2.24, 2.45) is 0 Å². The molecule has 0 saturated heterocycles. The van der Waals surface area contributed by atoms with Crippen LogP contribution in [-0.2, 0) is 5.41 Å². The molecular weight excluding hydrogens is 679 g/mol. The molecule has 8 aromatic carbocycles. The minimum absolute atomic E-state index is 0.591. The smallest absolute Gasteiger partial charge is 0.164 e. The molecule has 1 aliphatic carbocycles. The number of benzene rings is 8. The molecule has 3 heteroatoms. The zero-order valence-electron chi connectivity index (χ0n) is 31.0. The Bertz CT molecular complexity index is 2820. The number of aryl methyl sites for hydroxylation is 1. The van der Waals surface area contributed by atoms with Crippen LogP contribution in [0.4, 0.5) is 0 Å². The molecule has 0 N–H and O–H groups in total. The third-order valence-corrected chi connectivity index (χ3v) is 11.1. The maximum Gasteiger partial charge on any atom is 0.164 e. The van der Waals surface area contributed by atoms with Crippen molar-refractivity contribution in [1.29, 1.82) is 0 Å². The van der Waals surface area contributed by atoms with Crippen LogP contribution in [0.5, 0.6) is 0 Å². The molecule has 264 valence electrons. The van der Waals surface area contributed by atoms with Gasteiger partial charge in [-0.05, 0) is 80.8 Å². The van der Waals surface area contributed by atoms with Crippen molar-refractivity contribution in [2.75, 3.05) is 0 Å². The van der Waals surface area contributed by atoms with E-state index < -0.39 is 5.41 Å². The molecule has 1 aliphatic rings. The van der Waals surface area contributed by atoms with E-state index in [9.17, 15) is 0 Å². The highest BCUT2D eigenvalue weighted by atomic mass is 15.0. The predicted molar refractivity (Wildman–Crippen MR) is 229 cm³/mol.